The SMILES string of the molecule is COC(=O)C1=C(C(=O)OC)N(c2ccc(CC(=O)O)c(C)c2)C=CC=C1. The summed E-state index contributed by atoms with van der Waals surface area (Å²) in [6.45, 7) is 1.78. The summed E-state index contributed by atoms with van der Waals surface area (Å²) in [4.78, 5) is 36.9. The number of allylic oxidation sites excluding steroid dienone is 2. The van der Waals surface area contributed by atoms with E-state index in [0.29, 0.717) is 11.3 Å². The number of aliphatic carboxylic acids is 1. The second-order valence-corrected chi connectivity index (χ2v) is 5.50. The summed E-state index contributed by atoms with van der Waals surface area (Å²) in [5.74, 6) is -2.30. The van der Waals surface area contributed by atoms with Crippen LogP contribution < -0.4 is 4.90 Å². The normalized spacial score (nSPS) is 13.4. The molecule has 1 aromatic rings. The predicted molar refractivity (Wildman–Crippen MR) is 94.3 cm³/mol. The number of ether oxygens (including phenoxy) is 2. The first-order valence-electron chi connectivity index (χ1n) is 7.75. The van der Waals surface area contributed by atoms with E-state index < -0.39 is 17.9 Å². The largest absolute Gasteiger partial charge is 0.481 e. The number of carbonyl (C=O) groups excluding carboxylic acids is 2. The van der Waals surface area contributed by atoms with Gasteiger partial charge in [-0.15, -0.1) is 0 Å². The monoisotopic (exact) mass is 357 g/mol. The van der Waals surface area contributed by atoms with Crippen LogP contribution in [-0.2, 0) is 30.3 Å². The van der Waals surface area contributed by atoms with Gasteiger partial charge < -0.3 is 19.5 Å². The summed E-state index contributed by atoms with van der Waals surface area (Å²) in [5, 5.41) is 8.97. The van der Waals surface area contributed by atoms with Gasteiger partial charge in [-0.2, -0.15) is 0 Å². The maximum atomic E-state index is 12.4. The van der Waals surface area contributed by atoms with Gasteiger partial charge >= 0.3 is 17.9 Å². The van der Waals surface area contributed by atoms with Crippen molar-refractivity contribution < 1.29 is 29.0 Å². The highest BCUT2D eigenvalue weighted by Gasteiger charge is 2.27. The average Bonchev–Trinajstić information content (AvgIpc) is 2.84. The first-order valence-corrected chi connectivity index (χ1v) is 7.75. The third-order valence-corrected chi connectivity index (χ3v) is 3.84. The fourth-order valence-corrected chi connectivity index (χ4v) is 2.56. The molecule has 0 radical (unpaired) electrons. The molecule has 1 heterocycles. The molecule has 0 fully saturated rings. The Morgan fingerprint density at radius 2 is 1.77 bits per heavy atom. The smallest absolute Gasteiger partial charge is 0.355 e. The van der Waals surface area contributed by atoms with Crippen LogP contribution in [-0.4, -0.2) is 37.2 Å². The number of carboxylic acids is 1. The van der Waals surface area contributed by atoms with Crippen molar-refractivity contribution >= 4 is 23.6 Å². The maximum Gasteiger partial charge on any atom is 0.355 e. The molecule has 1 aromatic carbocycles. The van der Waals surface area contributed by atoms with Gasteiger partial charge in [-0.25, -0.2) is 9.59 Å². The van der Waals surface area contributed by atoms with Gasteiger partial charge in [0.2, 0.25) is 0 Å². The van der Waals surface area contributed by atoms with E-state index in [0.717, 1.165) is 5.56 Å². The molecule has 0 amide bonds. The number of aryl methyl sites for hydroxylation is 1. The lowest BCUT2D eigenvalue weighted by molar-refractivity contribution is -0.139. The summed E-state index contributed by atoms with van der Waals surface area (Å²) < 4.78 is 9.60. The molecule has 2 rings (SSSR count). The number of methoxy groups -OCH3 is 2. The van der Waals surface area contributed by atoms with Crippen LogP contribution in [0.1, 0.15) is 11.1 Å². The van der Waals surface area contributed by atoms with Crippen molar-refractivity contribution in [3.63, 3.8) is 0 Å². The van der Waals surface area contributed by atoms with E-state index in [1.807, 2.05) is 0 Å². The van der Waals surface area contributed by atoms with Crippen LogP contribution in [0.5, 0.6) is 0 Å². The molecule has 1 aliphatic heterocycles. The van der Waals surface area contributed by atoms with Crippen molar-refractivity contribution in [1.82, 2.24) is 0 Å². The maximum absolute atomic E-state index is 12.4. The van der Waals surface area contributed by atoms with E-state index in [1.54, 1.807) is 43.5 Å². The second-order valence-electron chi connectivity index (χ2n) is 5.50. The highest BCUT2D eigenvalue weighted by atomic mass is 16.5. The minimum Gasteiger partial charge on any atom is -0.481 e. The Hall–Kier alpha value is -3.35. The first-order chi connectivity index (χ1) is 12.4. The van der Waals surface area contributed by atoms with Gasteiger partial charge in [-0.1, -0.05) is 12.1 Å². The third kappa shape index (κ3) is 4.00. The van der Waals surface area contributed by atoms with E-state index >= 15 is 0 Å². The summed E-state index contributed by atoms with van der Waals surface area (Å²) >= 11 is 0. The number of carbonyl (C=O) groups is 3. The molecule has 0 saturated heterocycles. The van der Waals surface area contributed by atoms with Crippen molar-refractivity contribution in [2.45, 2.75) is 13.3 Å². The minimum atomic E-state index is -0.928. The quantitative estimate of drug-likeness (QED) is 0.807. The van der Waals surface area contributed by atoms with Crippen molar-refractivity contribution in [1.29, 1.82) is 0 Å². The average molecular weight is 357 g/mol. The molecule has 26 heavy (non-hydrogen) atoms. The summed E-state index contributed by atoms with van der Waals surface area (Å²) in [5.41, 5.74) is 2.05. The lowest BCUT2D eigenvalue weighted by Crippen LogP contribution is -2.27. The molecular weight excluding hydrogens is 338 g/mol. The van der Waals surface area contributed by atoms with E-state index in [2.05, 4.69) is 0 Å². The van der Waals surface area contributed by atoms with Crippen LogP contribution in [0.4, 0.5) is 5.69 Å². The Labute approximate surface area is 150 Å². The Bertz CT molecular complexity index is 834. The second kappa shape index (κ2) is 8.15. The van der Waals surface area contributed by atoms with Crippen LogP contribution in [0.15, 0.2) is 53.9 Å². The first kappa shape index (κ1) is 19.0. The molecule has 0 saturated carbocycles. The Morgan fingerprint density at radius 3 is 2.35 bits per heavy atom. The van der Waals surface area contributed by atoms with E-state index in [4.69, 9.17) is 14.6 Å². The van der Waals surface area contributed by atoms with Crippen molar-refractivity contribution in [2.75, 3.05) is 19.1 Å². The highest BCUT2D eigenvalue weighted by molar-refractivity contribution is 6.05. The van der Waals surface area contributed by atoms with Crippen molar-refractivity contribution in [3.05, 3.63) is 65.0 Å². The molecule has 0 atom stereocenters. The predicted octanol–water partition coefficient (Wildman–Crippen LogP) is 2.11. The number of esters is 2. The Balaban J connectivity index is 2.58. The molecule has 0 bridgehead atoms. The Kier molecular flexibility index (Phi) is 5.95. The topological polar surface area (TPSA) is 93.1 Å². The zero-order valence-corrected chi connectivity index (χ0v) is 14.7. The van der Waals surface area contributed by atoms with Gasteiger partial charge in [0.05, 0.1) is 26.2 Å². The van der Waals surface area contributed by atoms with Crippen LogP contribution in [0.25, 0.3) is 0 Å². The van der Waals surface area contributed by atoms with E-state index in [1.165, 1.54) is 25.2 Å². The number of hydrogen-bond donors (Lipinski definition) is 1. The molecule has 0 aromatic heterocycles. The van der Waals surface area contributed by atoms with Crippen LogP contribution in [0.3, 0.4) is 0 Å². The summed E-state index contributed by atoms with van der Waals surface area (Å²) in [7, 11) is 2.45. The molecule has 1 aliphatic rings. The number of carboxylic acid groups (broad SMARTS) is 1. The van der Waals surface area contributed by atoms with Crippen LogP contribution in [0.2, 0.25) is 0 Å². The fraction of sp³-hybridized carbons (Fsp3) is 0.211. The van der Waals surface area contributed by atoms with Gasteiger partial charge in [-0.3, -0.25) is 4.79 Å². The fourth-order valence-electron chi connectivity index (χ4n) is 2.56. The lowest BCUT2D eigenvalue weighted by atomic mass is 10.0. The Morgan fingerprint density at radius 1 is 1.08 bits per heavy atom. The van der Waals surface area contributed by atoms with Crippen LogP contribution >= 0.6 is 0 Å². The standard InChI is InChI=1S/C19H19NO6/c1-12-10-14(8-7-13(12)11-16(21)22)20-9-5-4-6-15(18(23)25-2)17(20)19(24)26-3/h4-10H,11H2,1-3H3,(H,21,22). The molecule has 0 unspecified atom stereocenters. The van der Waals surface area contributed by atoms with Crippen LogP contribution in [0, 0.1) is 6.92 Å². The number of nitrogens with zero attached hydrogens (tertiary/aromatic N) is 1. The number of anilines is 1. The molecule has 7 nitrogen and oxygen atoms in total. The number of hydrogen-bond acceptors (Lipinski definition) is 6. The zero-order chi connectivity index (χ0) is 19.3. The summed E-state index contributed by atoms with van der Waals surface area (Å²) in [6, 6.07) is 5.10. The number of benzene rings is 1. The number of rotatable bonds is 5. The molecule has 7 heteroatoms. The van der Waals surface area contributed by atoms with Crippen molar-refractivity contribution in [2.24, 2.45) is 0 Å². The summed E-state index contributed by atoms with van der Waals surface area (Å²) in [6.07, 6.45) is 6.27. The minimum absolute atomic E-state index is 0.00901. The molecule has 0 spiro atoms. The van der Waals surface area contributed by atoms with Gasteiger partial charge in [0.15, 0.2) is 0 Å². The van der Waals surface area contributed by atoms with Gasteiger partial charge in [0.1, 0.15) is 5.70 Å². The van der Waals surface area contributed by atoms with Crippen molar-refractivity contribution in [3.8, 4) is 0 Å². The highest BCUT2D eigenvalue weighted by Crippen LogP contribution is 2.28. The molecular formula is C19H19NO6. The van der Waals surface area contributed by atoms with E-state index in [9.17, 15) is 14.4 Å². The molecule has 1 N–H and O–H groups in total. The molecule has 136 valence electrons. The van der Waals surface area contributed by atoms with Gasteiger partial charge in [0.25, 0.3) is 0 Å². The molecule has 0 aliphatic carbocycles. The van der Waals surface area contributed by atoms with E-state index in [-0.39, 0.29) is 17.7 Å². The zero-order valence-electron chi connectivity index (χ0n) is 14.7. The third-order valence-electron chi connectivity index (χ3n) is 3.84. The lowest BCUT2D eigenvalue weighted by Gasteiger charge is -2.24. The van der Waals surface area contributed by atoms with Gasteiger partial charge in [-0.05, 0) is 42.3 Å². The van der Waals surface area contributed by atoms with Gasteiger partial charge in [0, 0.05) is 11.9 Å².